The highest BCUT2D eigenvalue weighted by molar-refractivity contribution is 9.10. The Hall–Kier alpha value is 0.0600. The van der Waals surface area contributed by atoms with Crippen LogP contribution in [0.3, 0.4) is 0 Å². The van der Waals surface area contributed by atoms with E-state index in [-0.39, 0.29) is 18.2 Å². The Kier molecular flexibility index (Phi) is 4.02. The number of rotatable bonds is 3. The number of aliphatic hydroxyl groups is 1. The summed E-state index contributed by atoms with van der Waals surface area (Å²) in [5, 5.41) is 12.2. The minimum atomic E-state index is -0.0983. The molecule has 1 aromatic rings. The third kappa shape index (κ3) is 2.63. The second-order valence-electron chi connectivity index (χ2n) is 5.99. The number of thiophene rings is 1. The first-order chi connectivity index (χ1) is 9.06. The average Bonchev–Trinajstić information content (AvgIpc) is 2.99. The van der Waals surface area contributed by atoms with Crippen molar-refractivity contribution in [3.05, 3.63) is 20.8 Å². The van der Waals surface area contributed by atoms with Gasteiger partial charge in [-0.15, -0.1) is 11.3 Å². The second-order valence-corrected chi connectivity index (χ2v) is 7.85. The van der Waals surface area contributed by atoms with Crippen molar-refractivity contribution in [3.63, 3.8) is 0 Å². The van der Waals surface area contributed by atoms with Crippen molar-refractivity contribution in [2.75, 3.05) is 13.1 Å². The van der Waals surface area contributed by atoms with Crippen LogP contribution in [0, 0.1) is 11.8 Å². The molecule has 3 nitrogen and oxygen atoms in total. The van der Waals surface area contributed by atoms with Crippen molar-refractivity contribution < 1.29 is 5.11 Å². The van der Waals surface area contributed by atoms with Gasteiger partial charge in [0, 0.05) is 39.8 Å². The maximum atomic E-state index is 10.0. The van der Waals surface area contributed by atoms with Gasteiger partial charge in [0.1, 0.15) is 0 Å². The number of fused-ring (bicyclic) bond motifs is 1. The van der Waals surface area contributed by atoms with E-state index in [2.05, 4.69) is 39.2 Å². The molecule has 0 aromatic carbocycles. The van der Waals surface area contributed by atoms with Crippen LogP contribution in [0.25, 0.3) is 0 Å². The van der Waals surface area contributed by atoms with Gasteiger partial charge in [0.05, 0.1) is 12.1 Å². The van der Waals surface area contributed by atoms with E-state index in [1.165, 1.54) is 11.3 Å². The predicted molar refractivity (Wildman–Crippen MR) is 82.2 cm³/mol. The van der Waals surface area contributed by atoms with E-state index >= 15 is 0 Å². The Morgan fingerprint density at radius 3 is 2.84 bits per heavy atom. The van der Waals surface area contributed by atoms with Gasteiger partial charge in [0.25, 0.3) is 0 Å². The molecule has 5 heteroatoms. The number of halogens is 1. The van der Waals surface area contributed by atoms with Crippen LogP contribution < -0.4 is 5.73 Å². The number of nitrogens with zero attached hydrogens (tertiary/aromatic N) is 1. The van der Waals surface area contributed by atoms with Crippen molar-refractivity contribution in [2.24, 2.45) is 17.6 Å². The van der Waals surface area contributed by atoms with E-state index in [4.69, 9.17) is 5.73 Å². The van der Waals surface area contributed by atoms with Crippen molar-refractivity contribution in [3.8, 4) is 0 Å². The van der Waals surface area contributed by atoms with Crippen LogP contribution in [-0.2, 0) is 0 Å². The lowest BCUT2D eigenvalue weighted by molar-refractivity contribution is 0.115. The summed E-state index contributed by atoms with van der Waals surface area (Å²) in [5.41, 5.74) is 6.23. The van der Waals surface area contributed by atoms with Crippen LogP contribution in [0.1, 0.15) is 30.7 Å². The molecule has 5 atom stereocenters. The van der Waals surface area contributed by atoms with E-state index in [9.17, 15) is 5.11 Å². The molecule has 5 unspecified atom stereocenters. The number of nitrogens with two attached hydrogens (primary N) is 1. The summed E-state index contributed by atoms with van der Waals surface area (Å²) < 4.78 is 1.14. The first kappa shape index (κ1) is 14.0. The zero-order valence-corrected chi connectivity index (χ0v) is 13.5. The lowest BCUT2D eigenvalue weighted by atomic mass is 10.00. The summed E-state index contributed by atoms with van der Waals surface area (Å²) in [7, 11) is 0. The molecule has 1 aliphatic heterocycles. The smallest absolute Gasteiger partial charge is 0.0591 e. The molecule has 1 aliphatic carbocycles. The van der Waals surface area contributed by atoms with Crippen LogP contribution in [0.15, 0.2) is 15.9 Å². The van der Waals surface area contributed by atoms with E-state index in [1.54, 1.807) is 11.3 Å². The van der Waals surface area contributed by atoms with Crippen LogP contribution in [-0.4, -0.2) is 35.2 Å². The number of hydrogen-bond donors (Lipinski definition) is 2. The molecule has 1 saturated heterocycles. The zero-order chi connectivity index (χ0) is 13.6. The summed E-state index contributed by atoms with van der Waals surface area (Å²) in [6.45, 7) is 4.17. The molecule has 3 rings (SSSR count). The first-order valence-corrected chi connectivity index (χ1v) is 8.65. The fourth-order valence-corrected chi connectivity index (χ4v) is 5.45. The van der Waals surface area contributed by atoms with Gasteiger partial charge in [0.15, 0.2) is 0 Å². The third-order valence-corrected chi connectivity index (χ3v) is 6.38. The third-order valence-electron chi connectivity index (χ3n) is 4.62. The number of aliphatic hydroxyl groups excluding tert-OH is 1. The second kappa shape index (κ2) is 5.45. The van der Waals surface area contributed by atoms with Crippen molar-refractivity contribution in [1.29, 1.82) is 0 Å². The maximum absolute atomic E-state index is 10.0. The van der Waals surface area contributed by atoms with Gasteiger partial charge in [0.2, 0.25) is 0 Å². The van der Waals surface area contributed by atoms with Crippen LogP contribution in [0.2, 0.25) is 0 Å². The highest BCUT2D eigenvalue weighted by Crippen LogP contribution is 2.42. The van der Waals surface area contributed by atoms with Gasteiger partial charge in [-0.25, -0.2) is 0 Å². The van der Waals surface area contributed by atoms with Crippen molar-refractivity contribution in [1.82, 2.24) is 4.90 Å². The molecular weight excluding hydrogens is 324 g/mol. The van der Waals surface area contributed by atoms with Crippen molar-refractivity contribution in [2.45, 2.75) is 38.0 Å². The molecule has 3 N–H and O–H groups in total. The highest BCUT2D eigenvalue weighted by atomic mass is 79.9. The molecule has 2 heterocycles. The first-order valence-electron chi connectivity index (χ1n) is 6.98. The predicted octanol–water partition coefficient (Wildman–Crippen LogP) is 2.60. The van der Waals surface area contributed by atoms with E-state index in [0.717, 1.165) is 24.0 Å². The molecule has 0 radical (unpaired) electrons. The number of hydrogen-bond acceptors (Lipinski definition) is 4. The molecule has 106 valence electrons. The number of likely N-dealkylation sites (tertiary alicyclic amines) is 1. The minimum Gasteiger partial charge on any atom is -0.393 e. The Bertz CT molecular complexity index is 450. The Balaban J connectivity index is 1.79. The summed E-state index contributed by atoms with van der Waals surface area (Å²) in [6.07, 6.45) is 2.05. The van der Waals surface area contributed by atoms with Crippen molar-refractivity contribution >= 4 is 27.3 Å². The van der Waals surface area contributed by atoms with Gasteiger partial charge in [-0.2, -0.15) is 0 Å². The molecule has 0 bridgehead atoms. The van der Waals surface area contributed by atoms with Crippen LogP contribution in [0.5, 0.6) is 0 Å². The maximum Gasteiger partial charge on any atom is 0.0591 e. The Morgan fingerprint density at radius 2 is 2.26 bits per heavy atom. The topological polar surface area (TPSA) is 49.5 Å². The quantitative estimate of drug-likeness (QED) is 0.885. The summed E-state index contributed by atoms with van der Waals surface area (Å²) in [4.78, 5) is 3.82. The van der Waals surface area contributed by atoms with E-state index in [0.29, 0.717) is 11.8 Å². The summed E-state index contributed by atoms with van der Waals surface area (Å²) in [6, 6.07) is 2.58. The lowest BCUT2D eigenvalue weighted by Crippen LogP contribution is -2.38. The van der Waals surface area contributed by atoms with Gasteiger partial charge in [-0.1, -0.05) is 0 Å². The van der Waals surface area contributed by atoms with Gasteiger partial charge >= 0.3 is 0 Å². The molecule has 19 heavy (non-hydrogen) atoms. The van der Waals surface area contributed by atoms with Gasteiger partial charge in [-0.05, 0) is 47.7 Å². The van der Waals surface area contributed by atoms with Crippen LogP contribution in [0.4, 0.5) is 0 Å². The minimum absolute atomic E-state index is 0.0983. The normalized spacial score (nSPS) is 34.4. The average molecular weight is 345 g/mol. The zero-order valence-electron chi connectivity index (χ0n) is 11.1. The summed E-state index contributed by atoms with van der Waals surface area (Å²) in [5.74, 6) is 1.13. The Labute approximate surface area is 126 Å². The van der Waals surface area contributed by atoms with Crippen LogP contribution >= 0.6 is 27.3 Å². The van der Waals surface area contributed by atoms with Gasteiger partial charge < -0.3 is 10.8 Å². The Morgan fingerprint density at radius 1 is 1.47 bits per heavy atom. The molecule has 2 fully saturated rings. The largest absolute Gasteiger partial charge is 0.393 e. The fourth-order valence-electron chi connectivity index (χ4n) is 3.75. The molecule has 2 aliphatic rings. The molecule has 0 spiro atoms. The molecular formula is C14H21BrN2OS. The highest BCUT2D eigenvalue weighted by Gasteiger charge is 2.44. The standard InChI is InChI=1S/C14H21BrN2OS/c1-8(16)14(13-4-10(15)7-19-13)17-5-9-2-3-12(18)11(9)6-17/h4,7-9,11-12,14,18H,2-3,5-6,16H2,1H3. The SMILES string of the molecule is CC(N)C(c1cc(Br)cs1)N1CC2CCC(O)C2C1. The molecule has 0 amide bonds. The fraction of sp³-hybridized carbons (Fsp3) is 0.714. The molecule has 1 aromatic heterocycles. The van der Waals surface area contributed by atoms with E-state index < -0.39 is 0 Å². The summed E-state index contributed by atoms with van der Waals surface area (Å²) >= 11 is 5.30. The van der Waals surface area contributed by atoms with E-state index in [1.807, 2.05) is 0 Å². The monoisotopic (exact) mass is 344 g/mol. The molecule has 1 saturated carbocycles. The van der Waals surface area contributed by atoms with Gasteiger partial charge in [-0.3, -0.25) is 4.90 Å². The lowest BCUT2D eigenvalue weighted by Gasteiger charge is -2.31.